The van der Waals surface area contributed by atoms with Gasteiger partial charge in [-0.05, 0) is 51.5 Å². The lowest BCUT2D eigenvalue weighted by Crippen LogP contribution is -2.23. The molecule has 2 rings (SSSR count). The lowest BCUT2D eigenvalue weighted by atomic mass is 10.1. The summed E-state index contributed by atoms with van der Waals surface area (Å²) in [5, 5.41) is 2.91. The highest BCUT2D eigenvalue weighted by molar-refractivity contribution is 5.94. The highest BCUT2D eigenvalue weighted by Gasteiger charge is 2.13. The second-order valence-corrected chi connectivity index (χ2v) is 5.56. The zero-order chi connectivity index (χ0) is 17.5. The molecule has 0 spiro atoms. The van der Waals surface area contributed by atoms with Crippen LogP contribution in [0.1, 0.15) is 47.7 Å². The molecule has 0 aliphatic heterocycles. The number of aryl methyl sites for hydroxylation is 2. The number of ether oxygens (including phenoxy) is 2. The molecular weight excluding hydrogens is 306 g/mol. The van der Waals surface area contributed by atoms with Crippen LogP contribution in [0.4, 0.5) is 0 Å². The fourth-order valence-electron chi connectivity index (χ4n) is 2.39. The number of hydrogen-bond acceptors (Lipinski definition) is 4. The average Bonchev–Trinajstić information content (AvgIpc) is 2.89. The maximum absolute atomic E-state index is 12.4. The minimum atomic E-state index is -0.156. The molecular formula is C19H25NO4. The molecule has 0 atom stereocenters. The third kappa shape index (κ3) is 4.54. The zero-order valence-electron chi connectivity index (χ0n) is 14.8. The molecule has 0 unspecified atom stereocenters. The Bertz CT molecular complexity index is 691. The van der Waals surface area contributed by atoms with Gasteiger partial charge in [-0.25, -0.2) is 0 Å². The fraction of sp³-hybridized carbons (Fsp3) is 0.421. The van der Waals surface area contributed by atoms with E-state index in [1.165, 1.54) is 0 Å². The van der Waals surface area contributed by atoms with Gasteiger partial charge in [-0.2, -0.15) is 0 Å². The van der Waals surface area contributed by atoms with Crippen LogP contribution in [-0.4, -0.2) is 19.1 Å². The van der Waals surface area contributed by atoms with Gasteiger partial charge in [-0.3, -0.25) is 4.79 Å². The van der Waals surface area contributed by atoms with E-state index in [1.807, 2.05) is 33.8 Å². The number of carbonyl (C=O) groups is 1. The predicted molar refractivity (Wildman–Crippen MR) is 92.7 cm³/mol. The van der Waals surface area contributed by atoms with E-state index in [4.69, 9.17) is 13.9 Å². The first-order valence-electron chi connectivity index (χ1n) is 8.28. The summed E-state index contributed by atoms with van der Waals surface area (Å²) in [6.07, 6.45) is 0.914. The largest absolute Gasteiger partial charge is 0.490 e. The summed E-state index contributed by atoms with van der Waals surface area (Å²) < 4.78 is 16.7. The van der Waals surface area contributed by atoms with Crippen molar-refractivity contribution >= 4 is 5.91 Å². The number of rotatable bonds is 8. The maximum atomic E-state index is 12.4. The molecule has 0 bridgehead atoms. The molecule has 1 heterocycles. The summed E-state index contributed by atoms with van der Waals surface area (Å²) >= 11 is 0. The zero-order valence-corrected chi connectivity index (χ0v) is 14.8. The number of amides is 1. The van der Waals surface area contributed by atoms with E-state index in [9.17, 15) is 4.79 Å². The summed E-state index contributed by atoms with van der Waals surface area (Å²) in [4.78, 5) is 12.4. The molecule has 130 valence electrons. The Morgan fingerprint density at radius 2 is 1.92 bits per heavy atom. The highest BCUT2D eigenvalue weighted by atomic mass is 16.5. The molecule has 1 N–H and O–H groups in total. The Hall–Kier alpha value is -2.43. The van der Waals surface area contributed by atoms with Gasteiger partial charge < -0.3 is 19.2 Å². The van der Waals surface area contributed by atoms with Crippen LogP contribution >= 0.6 is 0 Å². The van der Waals surface area contributed by atoms with E-state index in [1.54, 1.807) is 18.2 Å². The molecule has 1 aromatic heterocycles. The first-order valence-corrected chi connectivity index (χ1v) is 8.28. The van der Waals surface area contributed by atoms with E-state index in [-0.39, 0.29) is 5.91 Å². The Kier molecular flexibility index (Phi) is 6.29. The number of hydrogen-bond donors (Lipinski definition) is 1. The van der Waals surface area contributed by atoms with Crippen LogP contribution in [0, 0.1) is 13.8 Å². The van der Waals surface area contributed by atoms with Crippen molar-refractivity contribution in [1.82, 2.24) is 5.32 Å². The lowest BCUT2D eigenvalue weighted by Gasteiger charge is -2.13. The SMILES string of the molecule is CCCOc1ccc(C(=O)NCc2cc(C)oc2C)cc1OCC. The van der Waals surface area contributed by atoms with Crippen LogP contribution in [0.15, 0.2) is 28.7 Å². The summed E-state index contributed by atoms with van der Waals surface area (Å²) in [5.74, 6) is 2.76. The van der Waals surface area contributed by atoms with Crippen molar-refractivity contribution in [2.75, 3.05) is 13.2 Å². The maximum Gasteiger partial charge on any atom is 0.251 e. The average molecular weight is 331 g/mol. The third-order valence-electron chi connectivity index (χ3n) is 3.55. The molecule has 0 aliphatic carbocycles. The quantitative estimate of drug-likeness (QED) is 0.794. The van der Waals surface area contributed by atoms with Gasteiger partial charge in [0.15, 0.2) is 11.5 Å². The standard InChI is InChI=1S/C19H25NO4/c1-5-9-23-17-8-7-15(11-18(17)22-6-2)19(21)20-12-16-10-13(3)24-14(16)4/h7-8,10-11H,5-6,9,12H2,1-4H3,(H,20,21). The molecule has 0 radical (unpaired) electrons. The third-order valence-corrected chi connectivity index (χ3v) is 3.55. The van der Waals surface area contributed by atoms with Crippen molar-refractivity contribution in [3.63, 3.8) is 0 Å². The Morgan fingerprint density at radius 3 is 2.54 bits per heavy atom. The van der Waals surface area contributed by atoms with Crippen LogP contribution in [0.25, 0.3) is 0 Å². The fourth-order valence-corrected chi connectivity index (χ4v) is 2.39. The van der Waals surface area contributed by atoms with E-state index in [0.717, 1.165) is 23.5 Å². The first-order chi connectivity index (χ1) is 11.5. The lowest BCUT2D eigenvalue weighted by molar-refractivity contribution is 0.0950. The van der Waals surface area contributed by atoms with Crippen LogP contribution in [0.2, 0.25) is 0 Å². The van der Waals surface area contributed by atoms with Crippen LogP contribution < -0.4 is 14.8 Å². The van der Waals surface area contributed by atoms with Crippen molar-refractivity contribution in [2.45, 2.75) is 40.7 Å². The smallest absolute Gasteiger partial charge is 0.251 e. The molecule has 5 nitrogen and oxygen atoms in total. The van der Waals surface area contributed by atoms with Crippen molar-refractivity contribution in [3.8, 4) is 11.5 Å². The van der Waals surface area contributed by atoms with Gasteiger partial charge in [-0.1, -0.05) is 6.92 Å². The number of furan rings is 1. The second kappa shape index (κ2) is 8.43. The van der Waals surface area contributed by atoms with E-state index < -0.39 is 0 Å². The van der Waals surface area contributed by atoms with Crippen molar-refractivity contribution in [2.24, 2.45) is 0 Å². The van der Waals surface area contributed by atoms with Gasteiger partial charge in [0, 0.05) is 17.7 Å². The number of nitrogens with one attached hydrogen (secondary N) is 1. The van der Waals surface area contributed by atoms with Gasteiger partial charge in [0.25, 0.3) is 5.91 Å². The first kappa shape index (κ1) is 17.9. The summed E-state index contributed by atoms with van der Waals surface area (Å²) in [6.45, 7) is 9.29. The molecule has 1 amide bonds. The topological polar surface area (TPSA) is 60.7 Å². The Morgan fingerprint density at radius 1 is 1.12 bits per heavy atom. The van der Waals surface area contributed by atoms with Crippen LogP contribution in [0.3, 0.4) is 0 Å². The minimum Gasteiger partial charge on any atom is -0.490 e. The van der Waals surface area contributed by atoms with E-state index >= 15 is 0 Å². The summed E-state index contributed by atoms with van der Waals surface area (Å²) in [5.41, 5.74) is 1.52. The molecule has 1 aromatic carbocycles. The normalized spacial score (nSPS) is 10.5. The highest BCUT2D eigenvalue weighted by Crippen LogP contribution is 2.28. The molecule has 0 aliphatic rings. The van der Waals surface area contributed by atoms with Crippen LogP contribution in [-0.2, 0) is 6.54 Å². The summed E-state index contributed by atoms with van der Waals surface area (Å²) in [7, 11) is 0. The van der Waals surface area contributed by atoms with Gasteiger partial charge in [0.2, 0.25) is 0 Å². The van der Waals surface area contributed by atoms with Crippen LogP contribution in [0.5, 0.6) is 11.5 Å². The molecule has 24 heavy (non-hydrogen) atoms. The molecule has 5 heteroatoms. The molecule has 0 fully saturated rings. The van der Waals surface area contributed by atoms with E-state index in [2.05, 4.69) is 5.32 Å². The van der Waals surface area contributed by atoms with Gasteiger partial charge >= 0.3 is 0 Å². The van der Waals surface area contributed by atoms with Crippen molar-refractivity contribution < 1.29 is 18.7 Å². The number of carbonyl (C=O) groups excluding carboxylic acids is 1. The second-order valence-electron chi connectivity index (χ2n) is 5.56. The van der Waals surface area contributed by atoms with Crippen molar-refractivity contribution in [1.29, 1.82) is 0 Å². The van der Waals surface area contributed by atoms with Gasteiger partial charge in [0.1, 0.15) is 11.5 Å². The Labute approximate surface area is 143 Å². The molecule has 0 saturated heterocycles. The minimum absolute atomic E-state index is 0.156. The van der Waals surface area contributed by atoms with Gasteiger partial charge in [-0.15, -0.1) is 0 Å². The summed E-state index contributed by atoms with van der Waals surface area (Å²) in [6, 6.07) is 7.18. The molecule has 0 saturated carbocycles. The monoisotopic (exact) mass is 331 g/mol. The van der Waals surface area contributed by atoms with Crippen molar-refractivity contribution in [3.05, 3.63) is 46.9 Å². The van der Waals surface area contributed by atoms with E-state index in [0.29, 0.717) is 36.8 Å². The Balaban J connectivity index is 2.08. The number of benzene rings is 1. The van der Waals surface area contributed by atoms with Gasteiger partial charge in [0.05, 0.1) is 13.2 Å². The predicted octanol–water partition coefficient (Wildman–Crippen LogP) is 4.01. The molecule has 2 aromatic rings.